The lowest BCUT2D eigenvalue weighted by Gasteiger charge is -2.33. The average molecular weight is 295 g/mol. The van der Waals surface area contributed by atoms with Gasteiger partial charge in [-0.15, -0.1) is 6.58 Å². The minimum absolute atomic E-state index is 0.377. The maximum absolute atomic E-state index is 12.1. The number of benzene rings is 1. The molecule has 0 spiro atoms. The van der Waals surface area contributed by atoms with Crippen molar-refractivity contribution in [3.63, 3.8) is 0 Å². The number of rotatable bonds is 4. The lowest BCUT2D eigenvalue weighted by molar-refractivity contribution is -0.145. The van der Waals surface area contributed by atoms with Crippen LogP contribution in [0.25, 0.3) is 0 Å². The van der Waals surface area contributed by atoms with Crippen LogP contribution in [0, 0.1) is 0 Å². The van der Waals surface area contributed by atoms with Crippen molar-refractivity contribution in [2.45, 2.75) is 0 Å². The first-order chi connectivity index (χ1) is 9.58. The lowest BCUT2D eigenvalue weighted by Crippen LogP contribution is -2.54. The minimum atomic E-state index is -0.556. The number of hydrogen-bond acceptors (Lipinski definition) is 3. The third kappa shape index (κ3) is 2.63. The summed E-state index contributed by atoms with van der Waals surface area (Å²) in [6.07, 6.45) is 1.60. The van der Waals surface area contributed by atoms with Crippen molar-refractivity contribution >= 4 is 29.1 Å². The Morgan fingerprint density at radius 3 is 2.70 bits per heavy atom. The van der Waals surface area contributed by atoms with E-state index in [0.717, 1.165) is 0 Å². The molecule has 2 amide bonds. The largest absolute Gasteiger partial charge is 0.495 e. The predicted molar refractivity (Wildman–Crippen MR) is 77.1 cm³/mol. The first kappa shape index (κ1) is 14.4. The number of carbonyl (C=O) groups excluding carboxylic acids is 2. The zero-order valence-electron chi connectivity index (χ0n) is 11.1. The first-order valence-corrected chi connectivity index (χ1v) is 6.51. The highest BCUT2D eigenvalue weighted by atomic mass is 35.5. The molecule has 5 nitrogen and oxygen atoms in total. The zero-order valence-corrected chi connectivity index (χ0v) is 11.9. The number of anilines is 1. The third-order valence-electron chi connectivity index (χ3n) is 3.11. The van der Waals surface area contributed by atoms with Crippen molar-refractivity contribution in [3.8, 4) is 5.75 Å². The molecule has 0 N–H and O–H groups in total. The molecule has 1 saturated heterocycles. The van der Waals surface area contributed by atoms with E-state index in [1.165, 1.54) is 16.9 Å². The number of methoxy groups -OCH3 is 1. The first-order valence-electron chi connectivity index (χ1n) is 6.13. The van der Waals surface area contributed by atoms with Gasteiger partial charge >= 0.3 is 11.8 Å². The van der Waals surface area contributed by atoms with Crippen LogP contribution in [0.3, 0.4) is 0 Å². The van der Waals surface area contributed by atoms with Crippen molar-refractivity contribution in [3.05, 3.63) is 35.9 Å². The molecule has 0 saturated carbocycles. The molecule has 2 rings (SSSR count). The van der Waals surface area contributed by atoms with Gasteiger partial charge in [-0.05, 0) is 18.2 Å². The SMILES string of the molecule is C=CCN1CCN(c2ccc(OC)c(Cl)c2)C(=O)C1=O. The van der Waals surface area contributed by atoms with Crippen LogP contribution < -0.4 is 9.64 Å². The lowest BCUT2D eigenvalue weighted by atomic mass is 10.2. The molecule has 0 aromatic heterocycles. The molecule has 1 fully saturated rings. The van der Waals surface area contributed by atoms with Gasteiger partial charge in [-0.25, -0.2) is 0 Å². The van der Waals surface area contributed by atoms with Crippen LogP contribution in [0.2, 0.25) is 5.02 Å². The standard InChI is InChI=1S/C14H15ClN2O3/c1-3-6-16-7-8-17(14(19)13(16)18)10-4-5-12(20-2)11(15)9-10/h3-5,9H,1,6-8H2,2H3. The van der Waals surface area contributed by atoms with Crippen molar-refractivity contribution in [1.29, 1.82) is 0 Å². The number of carbonyl (C=O) groups is 2. The maximum Gasteiger partial charge on any atom is 0.316 e. The van der Waals surface area contributed by atoms with E-state index in [0.29, 0.717) is 36.1 Å². The minimum Gasteiger partial charge on any atom is -0.495 e. The van der Waals surface area contributed by atoms with Crippen LogP contribution in [0.15, 0.2) is 30.9 Å². The van der Waals surface area contributed by atoms with Gasteiger partial charge in [0.2, 0.25) is 0 Å². The Morgan fingerprint density at radius 2 is 2.10 bits per heavy atom. The number of hydrogen-bond donors (Lipinski definition) is 0. The monoisotopic (exact) mass is 294 g/mol. The van der Waals surface area contributed by atoms with Crippen molar-refractivity contribution < 1.29 is 14.3 Å². The molecule has 0 atom stereocenters. The Bertz CT molecular complexity index is 559. The second kappa shape index (κ2) is 5.96. The molecule has 0 radical (unpaired) electrons. The van der Waals surface area contributed by atoms with Gasteiger partial charge in [-0.3, -0.25) is 9.59 Å². The van der Waals surface area contributed by atoms with Gasteiger partial charge in [0.25, 0.3) is 0 Å². The Hall–Kier alpha value is -2.01. The molecule has 1 aromatic carbocycles. The maximum atomic E-state index is 12.1. The summed E-state index contributed by atoms with van der Waals surface area (Å²) >= 11 is 6.04. The Balaban J connectivity index is 2.22. The van der Waals surface area contributed by atoms with E-state index in [-0.39, 0.29) is 0 Å². The summed E-state index contributed by atoms with van der Waals surface area (Å²) in [6.45, 7) is 4.85. The highest BCUT2D eigenvalue weighted by Gasteiger charge is 2.32. The van der Waals surface area contributed by atoms with Crippen molar-refractivity contribution in [1.82, 2.24) is 4.90 Å². The molecule has 0 unspecified atom stereocenters. The summed E-state index contributed by atoms with van der Waals surface area (Å²) in [5.74, 6) is -0.554. The molecular weight excluding hydrogens is 280 g/mol. The Kier molecular flexibility index (Phi) is 4.29. The van der Waals surface area contributed by atoms with E-state index >= 15 is 0 Å². The molecule has 0 bridgehead atoms. The summed E-state index contributed by atoms with van der Waals surface area (Å²) in [6, 6.07) is 5.00. The number of piperazine rings is 1. The van der Waals surface area contributed by atoms with Gasteiger partial charge in [0.05, 0.1) is 12.1 Å². The van der Waals surface area contributed by atoms with Crippen LogP contribution in [0.4, 0.5) is 5.69 Å². The summed E-state index contributed by atoms with van der Waals surface area (Å²) < 4.78 is 5.06. The third-order valence-corrected chi connectivity index (χ3v) is 3.40. The zero-order chi connectivity index (χ0) is 14.7. The number of nitrogens with zero attached hydrogens (tertiary/aromatic N) is 2. The normalized spacial score (nSPS) is 15.5. The molecular formula is C14H15ClN2O3. The summed E-state index contributed by atoms with van der Waals surface area (Å²) in [5.41, 5.74) is 0.590. The van der Waals surface area contributed by atoms with E-state index in [9.17, 15) is 9.59 Å². The van der Waals surface area contributed by atoms with E-state index in [1.54, 1.807) is 24.3 Å². The number of ether oxygens (including phenoxy) is 1. The van der Waals surface area contributed by atoms with Crippen LogP contribution in [-0.2, 0) is 9.59 Å². The van der Waals surface area contributed by atoms with Gasteiger partial charge in [0, 0.05) is 25.3 Å². The van der Waals surface area contributed by atoms with Crippen LogP contribution in [0.1, 0.15) is 0 Å². The molecule has 20 heavy (non-hydrogen) atoms. The smallest absolute Gasteiger partial charge is 0.316 e. The molecule has 1 aliphatic rings. The van der Waals surface area contributed by atoms with E-state index in [4.69, 9.17) is 16.3 Å². The molecule has 6 heteroatoms. The van der Waals surface area contributed by atoms with E-state index in [2.05, 4.69) is 6.58 Å². The quantitative estimate of drug-likeness (QED) is 0.627. The molecule has 1 aromatic rings. The molecule has 1 heterocycles. The fraction of sp³-hybridized carbons (Fsp3) is 0.286. The average Bonchev–Trinajstić information content (AvgIpc) is 2.44. The summed E-state index contributed by atoms with van der Waals surface area (Å²) in [7, 11) is 1.52. The van der Waals surface area contributed by atoms with Crippen LogP contribution in [0.5, 0.6) is 5.75 Å². The molecule has 1 aliphatic heterocycles. The highest BCUT2D eigenvalue weighted by Crippen LogP contribution is 2.29. The van der Waals surface area contributed by atoms with Gasteiger partial charge in [0.15, 0.2) is 0 Å². The van der Waals surface area contributed by atoms with E-state index < -0.39 is 11.8 Å². The van der Waals surface area contributed by atoms with Gasteiger partial charge in [-0.1, -0.05) is 17.7 Å². The fourth-order valence-electron chi connectivity index (χ4n) is 2.07. The number of amides is 2. The van der Waals surface area contributed by atoms with Gasteiger partial charge in [-0.2, -0.15) is 0 Å². The highest BCUT2D eigenvalue weighted by molar-refractivity contribution is 6.41. The topological polar surface area (TPSA) is 49.9 Å². The predicted octanol–water partition coefficient (Wildman–Crippen LogP) is 1.71. The van der Waals surface area contributed by atoms with Crippen molar-refractivity contribution in [2.75, 3.05) is 31.6 Å². The number of halogens is 1. The van der Waals surface area contributed by atoms with Gasteiger partial charge < -0.3 is 14.5 Å². The van der Waals surface area contributed by atoms with Crippen LogP contribution in [-0.4, -0.2) is 43.5 Å². The van der Waals surface area contributed by atoms with Gasteiger partial charge in [0.1, 0.15) is 5.75 Å². The Labute approximate surface area is 122 Å². The van der Waals surface area contributed by atoms with Crippen molar-refractivity contribution in [2.24, 2.45) is 0 Å². The second-order valence-electron chi connectivity index (χ2n) is 4.32. The van der Waals surface area contributed by atoms with E-state index in [1.807, 2.05) is 0 Å². The summed E-state index contributed by atoms with van der Waals surface area (Å²) in [5, 5.41) is 0.402. The summed E-state index contributed by atoms with van der Waals surface area (Å²) in [4.78, 5) is 26.9. The Morgan fingerprint density at radius 1 is 1.35 bits per heavy atom. The molecule has 0 aliphatic carbocycles. The molecule has 106 valence electrons. The van der Waals surface area contributed by atoms with Crippen LogP contribution >= 0.6 is 11.6 Å². The second-order valence-corrected chi connectivity index (χ2v) is 4.72. The fourth-order valence-corrected chi connectivity index (χ4v) is 2.33.